The lowest BCUT2D eigenvalue weighted by Crippen LogP contribution is -2.28. The molecule has 3 aliphatic carbocycles. The van der Waals surface area contributed by atoms with Gasteiger partial charge in [-0.15, -0.1) is 0 Å². The van der Waals surface area contributed by atoms with Gasteiger partial charge in [-0.05, 0) is 111 Å². The second-order valence-electron chi connectivity index (χ2n) is 19.1. The van der Waals surface area contributed by atoms with Crippen LogP contribution in [0.3, 0.4) is 0 Å². The second-order valence-corrected chi connectivity index (χ2v) is 19.1. The van der Waals surface area contributed by atoms with E-state index in [1.165, 1.54) is 55.6 Å². The summed E-state index contributed by atoms with van der Waals surface area (Å²) in [4.78, 5) is 4.98. The van der Waals surface area contributed by atoms with E-state index in [1.54, 1.807) is 0 Å². The van der Waals surface area contributed by atoms with Gasteiger partial charge in [0.25, 0.3) is 0 Å². The number of para-hydroxylation sites is 4. The zero-order valence-corrected chi connectivity index (χ0v) is 38.4. The van der Waals surface area contributed by atoms with Crippen LogP contribution in [-0.2, 0) is 10.8 Å². The van der Waals surface area contributed by atoms with E-state index in [9.17, 15) is 0 Å². The monoisotopic (exact) mass is 882 g/mol. The highest BCUT2D eigenvalue weighted by Crippen LogP contribution is 2.68. The molecular formula is C66H46N2O. The molecular weight excluding hydrogens is 837 g/mol. The molecule has 0 radical (unpaired) electrons. The third-order valence-electron chi connectivity index (χ3n) is 15.2. The highest BCUT2D eigenvalue weighted by molar-refractivity contribution is 6.09. The molecule has 3 nitrogen and oxygen atoms in total. The Morgan fingerprint density at radius 1 is 0.348 bits per heavy atom. The predicted molar refractivity (Wildman–Crippen MR) is 285 cm³/mol. The molecule has 1 spiro atoms. The Morgan fingerprint density at radius 2 is 0.899 bits per heavy atom. The summed E-state index contributed by atoms with van der Waals surface area (Å²) in [5, 5.41) is 1.12. The number of furan rings is 1. The van der Waals surface area contributed by atoms with Crippen molar-refractivity contribution in [1.82, 2.24) is 0 Å². The molecule has 0 N–H and O–H groups in total. The fraction of sp³-hybridized carbons (Fsp3) is 0.0606. The number of fused-ring (bicyclic) bond motifs is 15. The van der Waals surface area contributed by atoms with Crippen LogP contribution in [0, 0.1) is 0 Å². The molecule has 11 aromatic rings. The summed E-state index contributed by atoms with van der Waals surface area (Å²) in [6.45, 7) is 4.75. The molecule has 1 heterocycles. The van der Waals surface area contributed by atoms with Gasteiger partial charge in [-0.25, -0.2) is 0 Å². The SMILES string of the molecule is CC1(C)c2ccccc2-c2ccc(N(c3ccccc3-c3ccccc3)c3cccc4c3C3(c5ccccc5-c5c(N(c6ccccc6)c6ccccc6)cccc53)c3oc5ccccc5c3-4)cc21. The zero-order chi connectivity index (χ0) is 45.8. The predicted octanol–water partition coefficient (Wildman–Crippen LogP) is 17.7. The van der Waals surface area contributed by atoms with Gasteiger partial charge in [-0.3, -0.25) is 0 Å². The molecule has 326 valence electrons. The summed E-state index contributed by atoms with van der Waals surface area (Å²) < 4.78 is 7.44. The summed E-state index contributed by atoms with van der Waals surface area (Å²) in [6, 6.07) is 89.0. The topological polar surface area (TPSA) is 19.6 Å². The van der Waals surface area contributed by atoms with Gasteiger partial charge in [-0.2, -0.15) is 0 Å². The Kier molecular flexibility index (Phi) is 8.54. The van der Waals surface area contributed by atoms with Crippen LogP contribution in [0.15, 0.2) is 247 Å². The maximum absolute atomic E-state index is 7.44. The number of hydrogen-bond acceptors (Lipinski definition) is 3. The van der Waals surface area contributed by atoms with Crippen molar-refractivity contribution in [1.29, 1.82) is 0 Å². The van der Waals surface area contributed by atoms with Gasteiger partial charge in [0.1, 0.15) is 16.8 Å². The quantitative estimate of drug-likeness (QED) is 0.159. The summed E-state index contributed by atoms with van der Waals surface area (Å²) in [5.74, 6) is 0.960. The fourth-order valence-corrected chi connectivity index (χ4v) is 12.4. The first kappa shape index (κ1) is 39.5. The van der Waals surface area contributed by atoms with Crippen molar-refractivity contribution < 1.29 is 4.42 Å². The van der Waals surface area contributed by atoms with Crippen LogP contribution < -0.4 is 9.80 Å². The van der Waals surface area contributed by atoms with Gasteiger partial charge in [0.05, 0.1) is 17.1 Å². The van der Waals surface area contributed by atoms with Crippen LogP contribution >= 0.6 is 0 Å². The number of benzene rings is 10. The van der Waals surface area contributed by atoms with Gasteiger partial charge in [0, 0.05) is 50.1 Å². The Bertz CT molecular complexity index is 3790. The number of rotatable bonds is 7. The zero-order valence-electron chi connectivity index (χ0n) is 38.4. The van der Waals surface area contributed by atoms with Crippen molar-refractivity contribution in [2.75, 3.05) is 9.80 Å². The molecule has 69 heavy (non-hydrogen) atoms. The third-order valence-corrected chi connectivity index (χ3v) is 15.2. The van der Waals surface area contributed by atoms with Crippen molar-refractivity contribution in [3.63, 3.8) is 0 Å². The van der Waals surface area contributed by atoms with Gasteiger partial charge in [0.2, 0.25) is 0 Å². The first-order chi connectivity index (χ1) is 34.0. The smallest absolute Gasteiger partial charge is 0.135 e. The van der Waals surface area contributed by atoms with E-state index in [1.807, 2.05) is 0 Å². The van der Waals surface area contributed by atoms with Crippen molar-refractivity contribution in [2.45, 2.75) is 24.7 Å². The minimum Gasteiger partial charge on any atom is -0.459 e. The first-order valence-corrected chi connectivity index (χ1v) is 24.0. The van der Waals surface area contributed by atoms with Crippen molar-refractivity contribution >= 4 is 45.1 Å². The highest BCUT2D eigenvalue weighted by Gasteiger charge is 2.57. The summed E-state index contributed by atoms with van der Waals surface area (Å²) in [5.41, 5.74) is 22.4. The molecule has 0 saturated heterocycles. The van der Waals surface area contributed by atoms with Crippen LogP contribution in [0.4, 0.5) is 34.1 Å². The average Bonchev–Trinajstić information content (AvgIpc) is 4.10. The van der Waals surface area contributed by atoms with Crippen LogP contribution in [0.2, 0.25) is 0 Å². The van der Waals surface area contributed by atoms with Crippen molar-refractivity contribution in [3.05, 3.63) is 276 Å². The summed E-state index contributed by atoms with van der Waals surface area (Å²) in [7, 11) is 0. The first-order valence-electron chi connectivity index (χ1n) is 24.0. The molecule has 0 bridgehead atoms. The second kappa shape index (κ2) is 14.9. The highest BCUT2D eigenvalue weighted by atomic mass is 16.3. The van der Waals surface area contributed by atoms with Gasteiger partial charge < -0.3 is 14.2 Å². The summed E-state index contributed by atoms with van der Waals surface area (Å²) >= 11 is 0. The van der Waals surface area contributed by atoms with E-state index >= 15 is 0 Å². The molecule has 10 aromatic carbocycles. The van der Waals surface area contributed by atoms with Gasteiger partial charge in [0.15, 0.2) is 0 Å². The minimum atomic E-state index is -0.840. The maximum Gasteiger partial charge on any atom is 0.135 e. The Morgan fingerprint density at radius 3 is 1.67 bits per heavy atom. The molecule has 0 aliphatic heterocycles. The normalized spacial score (nSPS) is 15.3. The molecule has 3 aliphatic rings. The Labute approximate surface area is 402 Å². The average molecular weight is 883 g/mol. The molecule has 1 aromatic heterocycles. The maximum atomic E-state index is 7.44. The molecule has 1 atom stereocenters. The van der Waals surface area contributed by atoms with Crippen molar-refractivity contribution in [3.8, 4) is 44.5 Å². The van der Waals surface area contributed by atoms with Crippen LogP contribution in [0.25, 0.3) is 55.5 Å². The fourth-order valence-electron chi connectivity index (χ4n) is 12.4. The molecule has 14 rings (SSSR count). The van der Waals surface area contributed by atoms with Gasteiger partial charge >= 0.3 is 0 Å². The van der Waals surface area contributed by atoms with Crippen LogP contribution in [0.1, 0.15) is 47.4 Å². The standard InChI is InChI=1S/C66H46N2O/c1-65(2)53-33-16-12-29-48(53)49-41-40-46(42-56(49)65)68(57-36-18-14-28-47(57)43-22-6-3-7-23-43)59-38-20-32-52-61-51-31-15-19-39-60(51)69-64(61)66(63(52)59)54-34-17-13-30-50(54)62-55(66)35-21-37-58(62)67(44-24-8-4-9-25-44)45-26-10-5-11-27-45/h3-42H,1-2H3. The van der Waals surface area contributed by atoms with E-state index in [0.717, 1.165) is 67.5 Å². The lowest BCUT2D eigenvalue weighted by Gasteiger charge is -2.36. The van der Waals surface area contributed by atoms with E-state index in [4.69, 9.17) is 4.42 Å². The van der Waals surface area contributed by atoms with Crippen LogP contribution in [0.5, 0.6) is 0 Å². The molecule has 1 unspecified atom stereocenters. The molecule has 3 heteroatoms. The number of anilines is 6. The van der Waals surface area contributed by atoms with Crippen molar-refractivity contribution in [2.24, 2.45) is 0 Å². The Hall–Kier alpha value is -8.66. The van der Waals surface area contributed by atoms with E-state index in [-0.39, 0.29) is 5.41 Å². The molecule has 0 amide bonds. The van der Waals surface area contributed by atoms with E-state index in [2.05, 4.69) is 266 Å². The summed E-state index contributed by atoms with van der Waals surface area (Å²) in [6.07, 6.45) is 0. The number of hydrogen-bond donors (Lipinski definition) is 0. The molecule has 0 saturated carbocycles. The minimum absolute atomic E-state index is 0.199. The van der Waals surface area contributed by atoms with E-state index in [0.29, 0.717) is 0 Å². The lowest BCUT2D eigenvalue weighted by atomic mass is 9.72. The lowest BCUT2D eigenvalue weighted by molar-refractivity contribution is 0.507. The molecule has 0 fully saturated rings. The van der Waals surface area contributed by atoms with Crippen LogP contribution in [-0.4, -0.2) is 0 Å². The van der Waals surface area contributed by atoms with Gasteiger partial charge in [-0.1, -0.05) is 196 Å². The largest absolute Gasteiger partial charge is 0.459 e. The third kappa shape index (κ3) is 5.50. The van der Waals surface area contributed by atoms with E-state index < -0.39 is 5.41 Å². The Balaban J connectivity index is 1.11. The number of nitrogens with zero attached hydrogens (tertiary/aromatic N) is 2.